The Morgan fingerprint density at radius 1 is 1.28 bits per heavy atom. The number of Topliss-reactive ketones (excluding diaryl/α,β-unsaturated/α-hetero) is 1. The number of halogens is 1. The number of phenols is 1. The molecule has 1 aliphatic rings. The van der Waals surface area contributed by atoms with E-state index in [1.54, 1.807) is 36.4 Å². The smallest absolute Gasteiger partial charge is 0.167 e. The second-order valence-corrected chi connectivity index (χ2v) is 6.89. The SMILES string of the molecule is COc1ccc(CN2CCC[C@@H](C(=O)c3ccc(Cl)cc3)C2)cc1O. The molecule has 4 nitrogen and oxygen atoms in total. The third-order valence-electron chi connectivity index (χ3n) is 4.65. The third kappa shape index (κ3) is 4.33. The lowest BCUT2D eigenvalue weighted by molar-refractivity contribution is 0.0811. The molecule has 0 saturated carbocycles. The van der Waals surface area contributed by atoms with Gasteiger partial charge in [-0.15, -0.1) is 0 Å². The van der Waals surface area contributed by atoms with E-state index in [9.17, 15) is 9.90 Å². The van der Waals surface area contributed by atoms with Crippen LogP contribution >= 0.6 is 11.6 Å². The molecule has 0 amide bonds. The molecule has 1 saturated heterocycles. The van der Waals surface area contributed by atoms with Gasteiger partial charge in [0.2, 0.25) is 0 Å². The highest BCUT2D eigenvalue weighted by Gasteiger charge is 2.26. The van der Waals surface area contributed by atoms with Gasteiger partial charge >= 0.3 is 0 Å². The summed E-state index contributed by atoms with van der Waals surface area (Å²) in [6.07, 6.45) is 1.90. The van der Waals surface area contributed by atoms with Crippen molar-refractivity contribution >= 4 is 17.4 Å². The Balaban J connectivity index is 1.65. The van der Waals surface area contributed by atoms with E-state index in [4.69, 9.17) is 16.3 Å². The van der Waals surface area contributed by atoms with Gasteiger partial charge in [-0.25, -0.2) is 0 Å². The van der Waals surface area contributed by atoms with Gasteiger partial charge in [0.25, 0.3) is 0 Å². The minimum atomic E-state index is 0.00164. The van der Waals surface area contributed by atoms with Crippen LogP contribution < -0.4 is 4.74 Å². The molecule has 1 heterocycles. The number of carbonyl (C=O) groups is 1. The zero-order valence-corrected chi connectivity index (χ0v) is 15.0. The molecule has 1 N–H and O–H groups in total. The quantitative estimate of drug-likeness (QED) is 0.815. The Bertz CT molecular complexity index is 745. The van der Waals surface area contributed by atoms with Crippen molar-refractivity contribution in [3.8, 4) is 11.5 Å². The molecule has 2 aromatic carbocycles. The van der Waals surface area contributed by atoms with Crippen LogP contribution in [0, 0.1) is 5.92 Å². The summed E-state index contributed by atoms with van der Waals surface area (Å²) >= 11 is 5.90. The van der Waals surface area contributed by atoms with Crippen LogP contribution in [-0.2, 0) is 6.54 Å². The highest BCUT2D eigenvalue weighted by atomic mass is 35.5. The summed E-state index contributed by atoms with van der Waals surface area (Å²) in [5.74, 6) is 0.796. The molecule has 25 heavy (non-hydrogen) atoms. The first-order chi connectivity index (χ1) is 12.1. The standard InChI is InChI=1S/C20H22ClNO3/c1-25-19-9-4-14(11-18(19)23)12-22-10-2-3-16(13-22)20(24)15-5-7-17(21)8-6-15/h4-9,11,16,23H,2-3,10,12-13H2,1H3/t16-/m1/s1. The highest BCUT2D eigenvalue weighted by molar-refractivity contribution is 6.30. The van der Waals surface area contributed by atoms with E-state index in [0.29, 0.717) is 17.3 Å². The molecule has 0 bridgehead atoms. The van der Waals surface area contributed by atoms with Gasteiger partial charge < -0.3 is 9.84 Å². The molecule has 1 atom stereocenters. The van der Waals surface area contributed by atoms with E-state index in [1.807, 2.05) is 6.07 Å². The van der Waals surface area contributed by atoms with Crippen molar-refractivity contribution in [2.24, 2.45) is 5.92 Å². The van der Waals surface area contributed by atoms with Gasteiger partial charge in [-0.05, 0) is 61.3 Å². The van der Waals surface area contributed by atoms with Crippen molar-refractivity contribution in [3.63, 3.8) is 0 Å². The van der Waals surface area contributed by atoms with E-state index < -0.39 is 0 Å². The second-order valence-electron chi connectivity index (χ2n) is 6.45. The van der Waals surface area contributed by atoms with Gasteiger partial charge in [0.1, 0.15) is 0 Å². The van der Waals surface area contributed by atoms with Crippen LogP contribution in [0.15, 0.2) is 42.5 Å². The molecule has 0 unspecified atom stereocenters. The van der Waals surface area contributed by atoms with E-state index in [-0.39, 0.29) is 17.5 Å². The molecule has 132 valence electrons. The number of methoxy groups -OCH3 is 1. The predicted molar refractivity (Wildman–Crippen MR) is 98.4 cm³/mol. The van der Waals surface area contributed by atoms with Gasteiger partial charge in [0, 0.05) is 29.6 Å². The van der Waals surface area contributed by atoms with E-state index in [2.05, 4.69) is 4.90 Å². The maximum atomic E-state index is 12.7. The third-order valence-corrected chi connectivity index (χ3v) is 4.91. The lowest BCUT2D eigenvalue weighted by Gasteiger charge is -2.32. The topological polar surface area (TPSA) is 49.8 Å². The molecule has 0 spiro atoms. The van der Waals surface area contributed by atoms with Gasteiger partial charge in [0.05, 0.1) is 7.11 Å². The fourth-order valence-electron chi connectivity index (χ4n) is 3.36. The van der Waals surface area contributed by atoms with Crippen molar-refractivity contribution < 1.29 is 14.6 Å². The average molecular weight is 360 g/mol. The first kappa shape index (κ1) is 17.8. The Morgan fingerprint density at radius 2 is 2.04 bits per heavy atom. The Kier molecular flexibility index (Phi) is 5.61. The first-order valence-electron chi connectivity index (χ1n) is 8.45. The number of piperidine rings is 1. The van der Waals surface area contributed by atoms with Crippen molar-refractivity contribution in [2.75, 3.05) is 20.2 Å². The number of hydrogen-bond acceptors (Lipinski definition) is 4. The van der Waals surface area contributed by atoms with Crippen LogP contribution in [0.2, 0.25) is 5.02 Å². The molecular weight excluding hydrogens is 338 g/mol. The number of nitrogens with zero attached hydrogens (tertiary/aromatic N) is 1. The number of hydrogen-bond donors (Lipinski definition) is 1. The van der Waals surface area contributed by atoms with Crippen LogP contribution in [0.25, 0.3) is 0 Å². The monoisotopic (exact) mass is 359 g/mol. The maximum Gasteiger partial charge on any atom is 0.167 e. The number of rotatable bonds is 5. The molecule has 1 aliphatic heterocycles. The zero-order valence-electron chi connectivity index (χ0n) is 14.2. The molecule has 0 aliphatic carbocycles. The zero-order chi connectivity index (χ0) is 17.8. The summed E-state index contributed by atoms with van der Waals surface area (Å²) in [6.45, 7) is 2.40. The average Bonchev–Trinajstić information content (AvgIpc) is 2.62. The molecule has 5 heteroatoms. The minimum absolute atomic E-state index is 0.00164. The normalized spacial score (nSPS) is 18.1. The summed E-state index contributed by atoms with van der Waals surface area (Å²) in [5.41, 5.74) is 1.73. The molecule has 0 aromatic heterocycles. The van der Waals surface area contributed by atoms with Crippen molar-refractivity contribution in [3.05, 3.63) is 58.6 Å². The van der Waals surface area contributed by atoms with Gasteiger partial charge in [-0.1, -0.05) is 17.7 Å². The van der Waals surface area contributed by atoms with Crippen LogP contribution in [0.3, 0.4) is 0 Å². The number of ether oxygens (including phenoxy) is 1. The summed E-state index contributed by atoms with van der Waals surface area (Å²) in [5, 5.41) is 10.6. The van der Waals surface area contributed by atoms with Crippen LogP contribution in [0.4, 0.5) is 0 Å². The lowest BCUT2D eigenvalue weighted by Crippen LogP contribution is -2.38. The molecule has 1 fully saturated rings. The van der Waals surface area contributed by atoms with E-state index in [1.165, 1.54) is 7.11 Å². The summed E-state index contributed by atoms with van der Waals surface area (Å²) in [6, 6.07) is 12.6. The Morgan fingerprint density at radius 3 is 2.72 bits per heavy atom. The van der Waals surface area contributed by atoms with Crippen LogP contribution in [0.1, 0.15) is 28.8 Å². The molecular formula is C20H22ClNO3. The van der Waals surface area contributed by atoms with Crippen molar-refractivity contribution in [2.45, 2.75) is 19.4 Å². The van der Waals surface area contributed by atoms with E-state index >= 15 is 0 Å². The molecule has 3 rings (SSSR count). The minimum Gasteiger partial charge on any atom is -0.504 e. The predicted octanol–water partition coefficient (Wildman–Crippen LogP) is 4.15. The van der Waals surface area contributed by atoms with Gasteiger partial charge in [0.15, 0.2) is 17.3 Å². The second kappa shape index (κ2) is 7.89. The number of phenolic OH excluding ortho intramolecular Hbond substituents is 1. The van der Waals surface area contributed by atoms with Crippen LogP contribution in [0.5, 0.6) is 11.5 Å². The number of carbonyl (C=O) groups excluding carboxylic acids is 1. The summed E-state index contributed by atoms with van der Waals surface area (Å²) in [4.78, 5) is 15.0. The molecule has 2 aromatic rings. The number of aromatic hydroxyl groups is 1. The first-order valence-corrected chi connectivity index (χ1v) is 8.82. The fourth-order valence-corrected chi connectivity index (χ4v) is 3.48. The largest absolute Gasteiger partial charge is 0.504 e. The number of likely N-dealkylation sites (tertiary alicyclic amines) is 1. The van der Waals surface area contributed by atoms with Gasteiger partial charge in [-0.3, -0.25) is 9.69 Å². The Labute approximate surface area is 153 Å². The Hall–Kier alpha value is -2.04. The summed E-state index contributed by atoms with van der Waals surface area (Å²) in [7, 11) is 1.53. The highest BCUT2D eigenvalue weighted by Crippen LogP contribution is 2.28. The number of ketones is 1. The van der Waals surface area contributed by atoms with Crippen molar-refractivity contribution in [1.82, 2.24) is 4.90 Å². The fraction of sp³-hybridized carbons (Fsp3) is 0.350. The van der Waals surface area contributed by atoms with Crippen molar-refractivity contribution in [1.29, 1.82) is 0 Å². The molecule has 0 radical (unpaired) electrons. The van der Waals surface area contributed by atoms with Gasteiger partial charge in [-0.2, -0.15) is 0 Å². The van der Waals surface area contributed by atoms with Crippen LogP contribution in [-0.4, -0.2) is 36.0 Å². The number of benzene rings is 2. The maximum absolute atomic E-state index is 12.7. The lowest BCUT2D eigenvalue weighted by atomic mass is 9.90. The van der Waals surface area contributed by atoms with E-state index in [0.717, 1.165) is 37.1 Å². The summed E-state index contributed by atoms with van der Waals surface area (Å²) < 4.78 is 5.08.